The maximum absolute atomic E-state index is 5.69. The average molecular weight is 184 g/mol. The van der Waals surface area contributed by atoms with E-state index in [1.54, 1.807) is 23.7 Å². The molecule has 0 radical (unpaired) electrons. The predicted molar refractivity (Wildman–Crippen MR) is 45.3 cm³/mol. The van der Waals surface area contributed by atoms with E-state index in [1.165, 1.54) is 0 Å². The molecule has 0 saturated carbocycles. The molecule has 0 aliphatic rings. The van der Waals surface area contributed by atoms with Crippen LogP contribution in [0.2, 0.25) is 5.15 Å². The van der Waals surface area contributed by atoms with Gasteiger partial charge in [-0.1, -0.05) is 11.6 Å². The Kier molecular flexibility index (Phi) is 1.58. The topological polar surface area (TPSA) is 55.1 Å². The molecule has 5 nitrogen and oxygen atoms in total. The molecule has 0 atom stereocenters. The molecule has 2 aromatic heterocycles. The number of aromatic nitrogens is 4. The first kappa shape index (κ1) is 7.30. The Labute approximate surface area is 73.4 Å². The quantitative estimate of drug-likeness (QED) is 0.711. The number of nitrogens with one attached hydrogen (secondary N) is 1. The summed E-state index contributed by atoms with van der Waals surface area (Å²) in [4.78, 5) is 0. The molecule has 62 valence electrons. The third-order valence-corrected chi connectivity index (χ3v) is 1.66. The standard InChI is InChI=1S/C6H6ClN5/c1-8-6-10-9-5-3-2-4(7)11-12(5)6/h2-3H,1H3,(H,8,10). The zero-order chi connectivity index (χ0) is 8.55. The molecule has 0 saturated heterocycles. The van der Waals surface area contributed by atoms with E-state index in [2.05, 4.69) is 20.6 Å². The second kappa shape index (κ2) is 2.60. The molecule has 0 fully saturated rings. The van der Waals surface area contributed by atoms with Gasteiger partial charge >= 0.3 is 0 Å². The van der Waals surface area contributed by atoms with Crippen molar-refractivity contribution < 1.29 is 0 Å². The minimum Gasteiger partial charge on any atom is -0.356 e. The minimum atomic E-state index is 0.416. The van der Waals surface area contributed by atoms with E-state index in [1.807, 2.05) is 0 Å². The first-order chi connectivity index (χ1) is 5.81. The van der Waals surface area contributed by atoms with Crippen LogP contribution in [0, 0.1) is 0 Å². The Morgan fingerprint density at radius 1 is 1.42 bits per heavy atom. The van der Waals surface area contributed by atoms with Gasteiger partial charge in [-0.15, -0.1) is 10.2 Å². The van der Waals surface area contributed by atoms with Crippen LogP contribution in [0.3, 0.4) is 0 Å². The lowest BCUT2D eigenvalue weighted by Gasteiger charge is -1.95. The van der Waals surface area contributed by atoms with E-state index in [9.17, 15) is 0 Å². The fourth-order valence-electron chi connectivity index (χ4n) is 0.922. The van der Waals surface area contributed by atoms with Crippen LogP contribution in [0.1, 0.15) is 0 Å². The number of rotatable bonds is 1. The maximum Gasteiger partial charge on any atom is 0.245 e. The predicted octanol–water partition coefficient (Wildman–Crippen LogP) is 0.819. The summed E-state index contributed by atoms with van der Waals surface area (Å²) in [5.41, 5.74) is 0.670. The van der Waals surface area contributed by atoms with Gasteiger partial charge in [-0.25, -0.2) is 0 Å². The first-order valence-electron chi connectivity index (χ1n) is 3.37. The fourth-order valence-corrected chi connectivity index (χ4v) is 1.06. The largest absolute Gasteiger partial charge is 0.356 e. The lowest BCUT2D eigenvalue weighted by Crippen LogP contribution is -1.98. The summed E-state index contributed by atoms with van der Waals surface area (Å²) in [6, 6.07) is 3.42. The minimum absolute atomic E-state index is 0.416. The molecular formula is C6H6ClN5. The zero-order valence-corrected chi connectivity index (χ0v) is 7.08. The molecular weight excluding hydrogens is 178 g/mol. The fraction of sp³-hybridized carbons (Fsp3) is 0.167. The van der Waals surface area contributed by atoms with E-state index in [4.69, 9.17) is 11.6 Å². The molecule has 0 amide bonds. The van der Waals surface area contributed by atoms with Crippen LogP contribution in [0.25, 0.3) is 5.65 Å². The van der Waals surface area contributed by atoms with Crippen LogP contribution in [0.15, 0.2) is 12.1 Å². The molecule has 2 heterocycles. The summed E-state index contributed by atoms with van der Waals surface area (Å²) in [6.07, 6.45) is 0. The molecule has 0 aliphatic heterocycles. The van der Waals surface area contributed by atoms with Gasteiger partial charge in [0.1, 0.15) is 5.15 Å². The van der Waals surface area contributed by atoms with Crippen LogP contribution in [0.5, 0.6) is 0 Å². The van der Waals surface area contributed by atoms with Crippen molar-refractivity contribution in [3.63, 3.8) is 0 Å². The van der Waals surface area contributed by atoms with Crippen molar-refractivity contribution in [2.45, 2.75) is 0 Å². The van der Waals surface area contributed by atoms with Crippen LogP contribution in [-0.2, 0) is 0 Å². The van der Waals surface area contributed by atoms with E-state index in [-0.39, 0.29) is 0 Å². The average Bonchev–Trinajstić information content (AvgIpc) is 2.46. The molecule has 0 aliphatic carbocycles. The third kappa shape index (κ3) is 0.984. The highest BCUT2D eigenvalue weighted by atomic mass is 35.5. The van der Waals surface area contributed by atoms with Gasteiger partial charge in [0.25, 0.3) is 0 Å². The van der Waals surface area contributed by atoms with E-state index >= 15 is 0 Å². The van der Waals surface area contributed by atoms with Crippen molar-refractivity contribution in [1.82, 2.24) is 19.8 Å². The van der Waals surface area contributed by atoms with Crippen LogP contribution < -0.4 is 5.32 Å². The molecule has 0 bridgehead atoms. The molecule has 0 unspecified atom stereocenters. The van der Waals surface area contributed by atoms with Gasteiger partial charge in [0, 0.05) is 7.05 Å². The van der Waals surface area contributed by atoms with Crippen LogP contribution >= 0.6 is 11.6 Å². The molecule has 2 rings (SSSR count). The molecule has 0 spiro atoms. The van der Waals surface area contributed by atoms with Crippen LogP contribution in [0.4, 0.5) is 5.95 Å². The monoisotopic (exact) mass is 183 g/mol. The number of nitrogens with zero attached hydrogens (tertiary/aromatic N) is 4. The van der Waals surface area contributed by atoms with Gasteiger partial charge in [0.2, 0.25) is 5.95 Å². The summed E-state index contributed by atoms with van der Waals surface area (Å²) in [6.45, 7) is 0. The second-order valence-electron chi connectivity index (χ2n) is 2.20. The van der Waals surface area contributed by atoms with Gasteiger partial charge in [-0.05, 0) is 12.1 Å². The first-order valence-corrected chi connectivity index (χ1v) is 3.75. The highest BCUT2D eigenvalue weighted by Crippen LogP contribution is 2.09. The summed E-state index contributed by atoms with van der Waals surface area (Å²) >= 11 is 5.69. The Bertz CT molecular complexity index is 409. The van der Waals surface area contributed by atoms with Crippen molar-refractivity contribution in [2.24, 2.45) is 0 Å². The summed E-state index contributed by atoms with van der Waals surface area (Å²) < 4.78 is 1.54. The normalized spacial score (nSPS) is 10.5. The SMILES string of the molecule is CNc1nnc2ccc(Cl)nn12. The second-order valence-corrected chi connectivity index (χ2v) is 2.59. The number of hydrogen-bond acceptors (Lipinski definition) is 4. The van der Waals surface area contributed by atoms with E-state index in [0.717, 1.165) is 0 Å². The van der Waals surface area contributed by atoms with Crippen molar-refractivity contribution in [1.29, 1.82) is 0 Å². The molecule has 0 aromatic carbocycles. The maximum atomic E-state index is 5.69. The Balaban J connectivity index is 2.75. The van der Waals surface area contributed by atoms with Gasteiger partial charge in [0.15, 0.2) is 5.65 Å². The van der Waals surface area contributed by atoms with Gasteiger partial charge < -0.3 is 5.32 Å². The van der Waals surface area contributed by atoms with Gasteiger partial charge in [0.05, 0.1) is 0 Å². The number of hydrogen-bond donors (Lipinski definition) is 1. The summed E-state index contributed by atoms with van der Waals surface area (Å²) in [7, 11) is 1.75. The van der Waals surface area contributed by atoms with E-state index < -0.39 is 0 Å². The summed E-state index contributed by atoms with van der Waals surface area (Å²) in [5.74, 6) is 0.576. The molecule has 1 N–H and O–H groups in total. The number of anilines is 1. The highest BCUT2D eigenvalue weighted by Gasteiger charge is 2.03. The Morgan fingerprint density at radius 2 is 2.25 bits per heavy atom. The lowest BCUT2D eigenvalue weighted by atomic mass is 10.6. The summed E-state index contributed by atoms with van der Waals surface area (Å²) in [5, 5.41) is 15.0. The van der Waals surface area contributed by atoms with Crippen molar-refractivity contribution in [3.8, 4) is 0 Å². The number of fused-ring (bicyclic) bond motifs is 1. The lowest BCUT2D eigenvalue weighted by molar-refractivity contribution is 0.931. The zero-order valence-electron chi connectivity index (χ0n) is 6.32. The Morgan fingerprint density at radius 3 is 3.00 bits per heavy atom. The molecule has 6 heteroatoms. The van der Waals surface area contributed by atoms with E-state index in [0.29, 0.717) is 16.7 Å². The van der Waals surface area contributed by atoms with Crippen molar-refractivity contribution in [3.05, 3.63) is 17.3 Å². The Hall–Kier alpha value is -1.36. The molecule has 12 heavy (non-hydrogen) atoms. The highest BCUT2D eigenvalue weighted by molar-refractivity contribution is 6.29. The van der Waals surface area contributed by atoms with Crippen molar-refractivity contribution >= 4 is 23.2 Å². The molecule has 2 aromatic rings. The van der Waals surface area contributed by atoms with Crippen molar-refractivity contribution in [2.75, 3.05) is 12.4 Å². The third-order valence-electron chi connectivity index (χ3n) is 1.45. The van der Waals surface area contributed by atoms with Gasteiger partial charge in [-0.2, -0.15) is 9.61 Å². The number of halogens is 1. The van der Waals surface area contributed by atoms with Gasteiger partial charge in [-0.3, -0.25) is 0 Å². The van der Waals surface area contributed by atoms with Crippen LogP contribution in [-0.4, -0.2) is 26.9 Å². The smallest absolute Gasteiger partial charge is 0.245 e.